The second-order valence-corrected chi connectivity index (χ2v) is 4.58. The van der Waals surface area contributed by atoms with Crippen LogP contribution in [-0.4, -0.2) is 21.0 Å². The van der Waals surface area contributed by atoms with Crippen LogP contribution in [0.1, 0.15) is 22.1 Å². The van der Waals surface area contributed by atoms with Crippen molar-refractivity contribution in [1.29, 1.82) is 0 Å². The Kier molecular flexibility index (Phi) is 3.27. The van der Waals surface area contributed by atoms with Crippen molar-refractivity contribution in [2.24, 2.45) is 0 Å². The number of para-hydroxylation sites is 1. The van der Waals surface area contributed by atoms with E-state index in [4.69, 9.17) is 9.52 Å². The van der Waals surface area contributed by atoms with Gasteiger partial charge in [-0.2, -0.15) is 0 Å². The molecule has 0 saturated heterocycles. The molecule has 2 aromatic heterocycles. The third kappa shape index (κ3) is 2.69. The van der Waals surface area contributed by atoms with Crippen molar-refractivity contribution < 1.29 is 14.3 Å². The molecule has 0 aliphatic heterocycles. The summed E-state index contributed by atoms with van der Waals surface area (Å²) < 4.78 is 5.47. The average Bonchev–Trinajstić information content (AvgIpc) is 2.90. The van der Waals surface area contributed by atoms with Gasteiger partial charge < -0.3 is 14.8 Å². The van der Waals surface area contributed by atoms with Crippen LogP contribution in [0, 0.1) is 6.92 Å². The van der Waals surface area contributed by atoms with Gasteiger partial charge in [-0.3, -0.25) is 0 Å². The molecule has 0 aliphatic rings. The molecule has 3 aromatic rings. The molecule has 0 aliphatic carbocycles. The Morgan fingerprint density at radius 2 is 2.05 bits per heavy atom. The standard InChI is InChI=1S/C15H13N3O3/c1-9-6-7-10(21-9)8-16-13-11-4-2-3-5-12(11)17-14(18-13)15(19)20/h2-7H,8H2,1H3,(H,19,20)(H,16,17,18). The van der Waals surface area contributed by atoms with Gasteiger partial charge in [0.05, 0.1) is 12.1 Å². The van der Waals surface area contributed by atoms with Crippen molar-refractivity contribution in [1.82, 2.24) is 9.97 Å². The maximum absolute atomic E-state index is 11.1. The van der Waals surface area contributed by atoms with E-state index < -0.39 is 5.97 Å². The van der Waals surface area contributed by atoms with Gasteiger partial charge in [0, 0.05) is 5.39 Å². The minimum atomic E-state index is -1.15. The number of carbonyl (C=O) groups is 1. The number of aromatic carboxylic acids is 1. The number of fused-ring (bicyclic) bond motifs is 1. The minimum absolute atomic E-state index is 0.230. The molecule has 106 valence electrons. The van der Waals surface area contributed by atoms with Crippen LogP contribution in [0.3, 0.4) is 0 Å². The summed E-state index contributed by atoms with van der Waals surface area (Å²) in [6.07, 6.45) is 0. The van der Waals surface area contributed by atoms with Gasteiger partial charge in [-0.25, -0.2) is 14.8 Å². The number of rotatable bonds is 4. The Balaban J connectivity index is 1.97. The first-order chi connectivity index (χ1) is 10.1. The van der Waals surface area contributed by atoms with Gasteiger partial charge in [0.15, 0.2) is 0 Å². The summed E-state index contributed by atoms with van der Waals surface area (Å²) in [7, 11) is 0. The van der Waals surface area contributed by atoms with Gasteiger partial charge in [-0.1, -0.05) is 12.1 Å². The predicted molar refractivity (Wildman–Crippen MR) is 77.3 cm³/mol. The van der Waals surface area contributed by atoms with E-state index in [2.05, 4.69) is 15.3 Å². The number of nitrogens with zero attached hydrogens (tertiary/aromatic N) is 2. The van der Waals surface area contributed by atoms with Gasteiger partial charge in [-0.05, 0) is 31.2 Å². The number of carboxylic acids is 1. The first kappa shape index (κ1) is 13.1. The molecule has 6 heteroatoms. The van der Waals surface area contributed by atoms with Crippen LogP contribution >= 0.6 is 0 Å². The molecule has 0 saturated carbocycles. The number of nitrogens with one attached hydrogen (secondary N) is 1. The Morgan fingerprint density at radius 3 is 2.76 bits per heavy atom. The van der Waals surface area contributed by atoms with Gasteiger partial charge in [0.2, 0.25) is 5.82 Å². The summed E-state index contributed by atoms with van der Waals surface area (Å²) >= 11 is 0. The maximum atomic E-state index is 11.1. The van der Waals surface area contributed by atoms with E-state index in [0.29, 0.717) is 17.9 Å². The molecule has 0 unspecified atom stereocenters. The highest BCUT2D eigenvalue weighted by Crippen LogP contribution is 2.21. The maximum Gasteiger partial charge on any atom is 0.374 e. The molecule has 6 nitrogen and oxygen atoms in total. The number of carboxylic acid groups (broad SMARTS) is 1. The van der Waals surface area contributed by atoms with Crippen molar-refractivity contribution in [3.63, 3.8) is 0 Å². The minimum Gasteiger partial charge on any atom is -0.475 e. The van der Waals surface area contributed by atoms with Crippen LogP contribution in [0.4, 0.5) is 5.82 Å². The van der Waals surface area contributed by atoms with Gasteiger partial charge >= 0.3 is 5.97 Å². The number of benzene rings is 1. The number of furan rings is 1. The Hall–Kier alpha value is -2.89. The fraction of sp³-hybridized carbons (Fsp3) is 0.133. The lowest BCUT2D eigenvalue weighted by Crippen LogP contribution is -2.09. The summed E-state index contributed by atoms with van der Waals surface area (Å²) in [5.41, 5.74) is 0.586. The largest absolute Gasteiger partial charge is 0.475 e. The van der Waals surface area contributed by atoms with E-state index in [9.17, 15) is 4.79 Å². The van der Waals surface area contributed by atoms with Crippen LogP contribution in [0.2, 0.25) is 0 Å². The van der Waals surface area contributed by atoms with Crippen LogP contribution in [0.15, 0.2) is 40.8 Å². The molecule has 0 bridgehead atoms. The molecule has 0 radical (unpaired) electrons. The lowest BCUT2D eigenvalue weighted by molar-refractivity contribution is 0.0684. The summed E-state index contributed by atoms with van der Waals surface area (Å²) in [6.45, 7) is 2.29. The van der Waals surface area contributed by atoms with Crippen LogP contribution in [-0.2, 0) is 6.54 Å². The first-order valence-corrected chi connectivity index (χ1v) is 6.43. The van der Waals surface area contributed by atoms with Crippen LogP contribution in [0.25, 0.3) is 10.9 Å². The van der Waals surface area contributed by atoms with E-state index in [0.717, 1.165) is 16.9 Å². The van der Waals surface area contributed by atoms with Crippen molar-refractivity contribution in [3.8, 4) is 0 Å². The van der Waals surface area contributed by atoms with Gasteiger partial charge in [-0.15, -0.1) is 0 Å². The van der Waals surface area contributed by atoms with Crippen molar-refractivity contribution >= 4 is 22.7 Å². The highest BCUT2D eigenvalue weighted by molar-refractivity contribution is 5.93. The van der Waals surface area contributed by atoms with Crippen molar-refractivity contribution in [2.45, 2.75) is 13.5 Å². The molecular weight excluding hydrogens is 270 g/mol. The van der Waals surface area contributed by atoms with E-state index in [1.54, 1.807) is 12.1 Å². The third-order valence-electron chi connectivity index (χ3n) is 3.02. The smallest absolute Gasteiger partial charge is 0.374 e. The molecule has 2 N–H and O–H groups in total. The van der Waals surface area contributed by atoms with Crippen LogP contribution < -0.4 is 5.32 Å². The molecule has 2 heterocycles. The van der Waals surface area contributed by atoms with Gasteiger partial charge in [0.25, 0.3) is 0 Å². The molecule has 0 amide bonds. The monoisotopic (exact) mass is 283 g/mol. The van der Waals surface area contributed by atoms with E-state index in [-0.39, 0.29) is 5.82 Å². The number of aromatic nitrogens is 2. The molecule has 21 heavy (non-hydrogen) atoms. The lowest BCUT2D eigenvalue weighted by Gasteiger charge is -2.08. The fourth-order valence-electron chi connectivity index (χ4n) is 2.06. The zero-order valence-corrected chi connectivity index (χ0v) is 11.3. The van der Waals surface area contributed by atoms with E-state index in [1.807, 2.05) is 31.2 Å². The van der Waals surface area contributed by atoms with Crippen molar-refractivity contribution in [3.05, 3.63) is 53.7 Å². The number of hydrogen-bond donors (Lipinski definition) is 2. The first-order valence-electron chi connectivity index (χ1n) is 6.43. The summed E-state index contributed by atoms with van der Waals surface area (Å²) in [4.78, 5) is 19.2. The van der Waals surface area contributed by atoms with Crippen LogP contribution in [0.5, 0.6) is 0 Å². The molecule has 0 atom stereocenters. The highest BCUT2D eigenvalue weighted by Gasteiger charge is 2.12. The second kappa shape index (κ2) is 5.24. The summed E-state index contributed by atoms with van der Waals surface area (Å²) in [5, 5.41) is 13.0. The SMILES string of the molecule is Cc1ccc(CNc2nc(C(=O)O)nc3ccccc23)o1. The molecule has 0 spiro atoms. The quantitative estimate of drug-likeness (QED) is 0.765. The molecule has 3 rings (SSSR count). The Labute approximate surface area is 120 Å². The Morgan fingerprint density at radius 1 is 1.24 bits per heavy atom. The molecule has 0 fully saturated rings. The topological polar surface area (TPSA) is 88.2 Å². The molecular formula is C15H13N3O3. The van der Waals surface area contributed by atoms with Crippen molar-refractivity contribution in [2.75, 3.05) is 5.32 Å². The molecule has 1 aromatic carbocycles. The predicted octanol–water partition coefficient (Wildman–Crippen LogP) is 2.84. The average molecular weight is 283 g/mol. The highest BCUT2D eigenvalue weighted by atomic mass is 16.4. The zero-order chi connectivity index (χ0) is 14.8. The summed E-state index contributed by atoms with van der Waals surface area (Å²) in [6, 6.07) is 11.0. The second-order valence-electron chi connectivity index (χ2n) is 4.58. The fourth-order valence-corrected chi connectivity index (χ4v) is 2.06. The van der Waals surface area contributed by atoms with E-state index in [1.165, 1.54) is 0 Å². The third-order valence-corrected chi connectivity index (χ3v) is 3.02. The van der Waals surface area contributed by atoms with E-state index >= 15 is 0 Å². The Bertz CT molecular complexity index is 811. The summed E-state index contributed by atoms with van der Waals surface area (Å²) in [5.74, 6) is 0.675. The number of aryl methyl sites for hydroxylation is 1. The number of hydrogen-bond acceptors (Lipinski definition) is 5. The lowest BCUT2D eigenvalue weighted by atomic mass is 10.2. The normalized spacial score (nSPS) is 10.7. The number of anilines is 1. The van der Waals surface area contributed by atoms with Gasteiger partial charge in [0.1, 0.15) is 17.3 Å². The zero-order valence-electron chi connectivity index (χ0n) is 11.3.